The number of nitrogens with zero attached hydrogens (tertiary/aromatic N) is 1. The Morgan fingerprint density at radius 3 is 2.21 bits per heavy atom. The third-order valence-electron chi connectivity index (χ3n) is 4.07. The van der Waals surface area contributed by atoms with E-state index >= 15 is 0 Å². The summed E-state index contributed by atoms with van der Waals surface area (Å²) in [6.07, 6.45) is 0. The fraction of sp³-hybridized carbons (Fsp3) is 0.350. The van der Waals surface area contributed by atoms with E-state index in [1.807, 2.05) is 73.3 Å². The standard InChI is InChI=1S/C20H25ClN2O/c1-15(2)23(18-8-6-5-7-9-18)19(24)14-22-20(3,4)16-10-12-17(21)13-11-16/h5-13,15,22H,14H2,1-4H3. The molecule has 24 heavy (non-hydrogen) atoms. The Morgan fingerprint density at radius 2 is 1.67 bits per heavy atom. The van der Waals surface area contributed by atoms with Crippen molar-refractivity contribution in [2.75, 3.05) is 11.4 Å². The van der Waals surface area contributed by atoms with Gasteiger partial charge >= 0.3 is 0 Å². The second kappa shape index (κ2) is 7.82. The molecule has 3 nitrogen and oxygen atoms in total. The largest absolute Gasteiger partial charge is 0.309 e. The third kappa shape index (κ3) is 4.59. The van der Waals surface area contributed by atoms with Crippen LogP contribution in [0.1, 0.15) is 33.3 Å². The second-order valence-electron chi connectivity index (χ2n) is 6.68. The average molecular weight is 345 g/mol. The molecule has 4 heteroatoms. The third-order valence-corrected chi connectivity index (χ3v) is 4.32. The van der Waals surface area contributed by atoms with Gasteiger partial charge in [-0.25, -0.2) is 0 Å². The van der Waals surface area contributed by atoms with E-state index in [2.05, 4.69) is 19.2 Å². The van der Waals surface area contributed by atoms with E-state index in [1.54, 1.807) is 0 Å². The van der Waals surface area contributed by atoms with Crippen molar-refractivity contribution in [3.63, 3.8) is 0 Å². The van der Waals surface area contributed by atoms with Gasteiger partial charge in [0.1, 0.15) is 0 Å². The molecule has 0 saturated heterocycles. The molecule has 2 rings (SSSR count). The zero-order chi connectivity index (χ0) is 17.7. The number of para-hydroxylation sites is 1. The summed E-state index contributed by atoms with van der Waals surface area (Å²) in [6, 6.07) is 17.6. The molecule has 2 aromatic rings. The summed E-state index contributed by atoms with van der Waals surface area (Å²) in [7, 11) is 0. The van der Waals surface area contributed by atoms with Gasteiger partial charge in [-0.3, -0.25) is 10.1 Å². The molecule has 128 valence electrons. The van der Waals surface area contributed by atoms with Crippen molar-refractivity contribution >= 4 is 23.2 Å². The van der Waals surface area contributed by atoms with Gasteiger partial charge in [-0.2, -0.15) is 0 Å². The number of carbonyl (C=O) groups is 1. The lowest BCUT2D eigenvalue weighted by molar-refractivity contribution is -0.118. The van der Waals surface area contributed by atoms with Crippen molar-refractivity contribution in [2.24, 2.45) is 0 Å². The van der Waals surface area contributed by atoms with Gasteiger partial charge in [0.2, 0.25) is 5.91 Å². The smallest absolute Gasteiger partial charge is 0.241 e. The molecule has 0 atom stereocenters. The predicted molar refractivity (Wildman–Crippen MR) is 102 cm³/mol. The van der Waals surface area contributed by atoms with E-state index in [0.717, 1.165) is 11.3 Å². The van der Waals surface area contributed by atoms with Crippen LogP contribution in [0.3, 0.4) is 0 Å². The summed E-state index contributed by atoms with van der Waals surface area (Å²) in [5.74, 6) is 0.0539. The van der Waals surface area contributed by atoms with Crippen LogP contribution in [0.5, 0.6) is 0 Å². The van der Waals surface area contributed by atoms with Crippen LogP contribution < -0.4 is 10.2 Å². The molecule has 0 aliphatic rings. The normalized spacial score (nSPS) is 11.6. The first-order valence-electron chi connectivity index (χ1n) is 8.19. The van der Waals surface area contributed by atoms with Crippen LogP contribution >= 0.6 is 11.6 Å². The van der Waals surface area contributed by atoms with E-state index in [-0.39, 0.29) is 24.0 Å². The van der Waals surface area contributed by atoms with Crippen molar-refractivity contribution in [2.45, 2.75) is 39.3 Å². The molecule has 0 saturated carbocycles. The lowest BCUT2D eigenvalue weighted by Gasteiger charge is -2.31. The van der Waals surface area contributed by atoms with Gasteiger partial charge in [-0.1, -0.05) is 41.9 Å². The maximum Gasteiger partial charge on any atom is 0.241 e. The highest BCUT2D eigenvalue weighted by atomic mass is 35.5. The van der Waals surface area contributed by atoms with Gasteiger partial charge in [-0.15, -0.1) is 0 Å². The molecule has 0 aromatic heterocycles. The van der Waals surface area contributed by atoms with Crippen LogP contribution in [0.4, 0.5) is 5.69 Å². The summed E-state index contributed by atoms with van der Waals surface area (Å²) in [6.45, 7) is 8.44. The van der Waals surface area contributed by atoms with Gasteiger partial charge in [0.15, 0.2) is 0 Å². The number of hydrogen-bond acceptors (Lipinski definition) is 2. The van der Waals surface area contributed by atoms with Gasteiger partial charge in [0.25, 0.3) is 0 Å². The average Bonchev–Trinajstić information content (AvgIpc) is 2.54. The van der Waals surface area contributed by atoms with E-state index < -0.39 is 0 Å². The van der Waals surface area contributed by atoms with Crippen molar-refractivity contribution in [1.82, 2.24) is 5.32 Å². The van der Waals surface area contributed by atoms with Gasteiger partial charge in [0.05, 0.1) is 6.54 Å². The van der Waals surface area contributed by atoms with Gasteiger partial charge < -0.3 is 4.90 Å². The van der Waals surface area contributed by atoms with Crippen LogP contribution in [0.2, 0.25) is 5.02 Å². The fourth-order valence-electron chi connectivity index (χ4n) is 2.67. The molecule has 0 radical (unpaired) electrons. The SMILES string of the molecule is CC(C)N(C(=O)CNC(C)(C)c1ccc(Cl)cc1)c1ccccc1. The topological polar surface area (TPSA) is 32.3 Å². The number of amides is 1. The first-order chi connectivity index (χ1) is 11.3. The van der Waals surface area contributed by atoms with Crippen molar-refractivity contribution in [1.29, 1.82) is 0 Å². The fourth-order valence-corrected chi connectivity index (χ4v) is 2.80. The van der Waals surface area contributed by atoms with Crippen LogP contribution in [0, 0.1) is 0 Å². The highest BCUT2D eigenvalue weighted by Gasteiger charge is 2.24. The minimum Gasteiger partial charge on any atom is -0.309 e. The number of benzene rings is 2. The molecular weight excluding hydrogens is 320 g/mol. The number of hydrogen-bond donors (Lipinski definition) is 1. The molecule has 0 fully saturated rings. The molecule has 0 heterocycles. The number of carbonyl (C=O) groups excluding carboxylic acids is 1. The Labute approximate surface area is 149 Å². The summed E-state index contributed by atoms with van der Waals surface area (Å²) < 4.78 is 0. The molecular formula is C20H25ClN2O. The zero-order valence-electron chi connectivity index (χ0n) is 14.7. The molecule has 2 aromatic carbocycles. The van der Waals surface area contributed by atoms with E-state index in [1.165, 1.54) is 0 Å². The predicted octanol–water partition coefficient (Wildman–Crippen LogP) is 4.61. The number of anilines is 1. The monoisotopic (exact) mass is 344 g/mol. The zero-order valence-corrected chi connectivity index (χ0v) is 15.5. The summed E-state index contributed by atoms with van der Waals surface area (Å²) in [4.78, 5) is 14.6. The summed E-state index contributed by atoms with van der Waals surface area (Å²) in [5, 5.41) is 4.07. The first kappa shape index (κ1) is 18.5. The number of halogens is 1. The van der Waals surface area contributed by atoms with Crippen molar-refractivity contribution in [3.8, 4) is 0 Å². The van der Waals surface area contributed by atoms with Gasteiger partial charge in [0, 0.05) is 22.3 Å². The Bertz CT molecular complexity index is 666. The molecule has 1 amide bonds. The number of nitrogens with one attached hydrogen (secondary N) is 1. The molecule has 0 bridgehead atoms. The Hall–Kier alpha value is -1.84. The van der Waals surface area contributed by atoms with Crippen molar-refractivity contribution < 1.29 is 4.79 Å². The highest BCUT2D eigenvalue weighted by molar-refractivity contribution is 6.30. The molecule has 0 spiro atoms. The molecule has 1 N–H and O–H groups in total. The maximum absolute atomic E-state index is 12.8. The minimum atomic E-state index is -0.320. The van der Waals surface area contributed by atoms with Crippen molar-refractivity contribution in [3.05, 3.63) is 65.2 Å². The van der Waals surface area contributed by atoms with Crippen LogP contribution in [0.15, 0.2) is 54.6 Å². The van der Waals surface area contributed by atoms with Crippen LogP contribution in [-0.4, -0.2) is 18.5 Å². The van der Waals surface area contributed by atoms with Crippen LogP contribution in [0.25, 0.3) is 0 Å². The summed E-state index contributed by atoms with van der Waals surface area (Å²) in [5.41, 5.74) is 1.69. The van der Waals surface area contributed by atoms with E-state index in [9.17, 15) is 4.79 Å². The van der Waals surface area contributed by atoms with Gasteiger partial charge in [-0.05, 0) is 57.5 Å². The molecule has 0 aliphatic heterocycles. The van der Waals surface area contributed by atoms with E-state index in [4.69, 9.17) is 11.6 Å². The Morgan fingerprint density at radius 1 is 1.08 bits per heavy atom. The quantitative estimate of drug-likeness (QED) is 0.830. The lowest BCUT2D eigenvalue weighted by atomic mass is 9.94. The first-order valence-corrected chi connectivity index (χ1v) is 8.57. The minimum absolute atomic E-state index is 0.0539. The summed E-state index contributed by atoms with van der Waals surface area (Å²) >= 11 is 5.95. The lowest BCUT2D eigenvalue weighted by Crippen LogP contribution is -2.47. The Kier molecular flexibility index (Phi) is 6.03. The molecule has 0 aliphatic carbocycles. The van der Waals surface area contributed by atoms with E-state index in [0.29, 0.717) is 5.02 Å². The Balaban J connectivity index is 2.09. The number of rotatable bonds is 6. The maximum atomic E-state index is 12.8. The molecule has 0 unspecified atom stereocenters. The highest BCUT2D eigenvalue weighted by Crippen LogP contribution is 2.22. The second-order valence-corrected chi connectivity index (χ2v) is 7.11. The van der Waals surface area contributed by atoms with Crippen LogP contribution in [-0.2, 0) is 10.3 Å².